The van der Waals surface area contributed by atoms with Crippen molar-refractivity contribution >= 4 is 28.8 Å². The normalized spacial score (nSPS) is 13.9. The summed E-state index contributed by atoms with van der Waals surface area (Å²) in [6.07, 6.45) is 2.07. The number of pyridine rings is 1. The van der Waals surface area contributed by atoms with Crippen LogP contribution >= 0.6 is 0 Å². The minimum Gasteiger partial charge on any atom is -0.261 e. The van der Waals surface area contributed by atoms with Gasteiger partial charge in [0.25, 0.3) is 0 Å². The Morgan fingerprint density at radius 3 is 1.85 bits per heavy atom. The van der Waals surface area contributed by atoms with E-state index in [9.17, 15) is 0 Å². The van der Waals surface area contributed by atoms with Gasteiger partial charge in [0.1, 0.15) is 0 Å². The molecular formula is C24H19NSi. The second-order valence-electron chi connectivity index (χ2n) is 6.90. The van der Waals surface area contributed by atoms with Crippen LogP contribution in [0.2, 0.25) is 0 Å². The predicted octanol–water partition coefficient (Wildman–Crippen LogP) is 2.75. The van der Waals surface area contributed by atoms with Crippen LogP contribution in [0.4, 0.5) is 0 Å². The summed E-state index contributed by atoms with van der Waals surface area (Å²) in [4.78, 5) is 4.62. The monoisotopic (exact) mass is 349 g/mol. The van der Waals surface area contributed by atoms with Crippen molar-refractivity contribution in [3.05, 3.63) is 103 Å². The third kappa shape index (κ3) is 1.99. The second-order valence-corrected chi connectivity index (χ2v) is 10.6. The number of aryl methyl sites for hydroxylation is 1. The molecule has 2 heterocycles. The lowest BCUT2D eigenvalue weighted by atomic mass is 10.1. The van der Waals surface area contributed by atoms with E-state index in [1.165, 1.54) is 31.9 Å². The van der Waals surface area contributed by atoms with Gasteiger partial charge in [-0.15, -0.1) is 0 Å². The highest BCUT2D eigenvalue weighted by molar-refractivity contribution is 7.22. The lowest BCUT2D eigenvalue weighted by Gasteiger charge is -2.31. The lowest BCUT2D eigenvalue weighted by Crippen LogP contribution is -2.72. The molecule has 0 atom stereocenters. The van der Waals surface area contributed by atoms with Crippen LogP contribution in [0.1, 0.15) is 5.69 Å². The van der Waals surface area contributed by atoms with Crippen molar-refractivity contribution in [2.24, 2.45) is 0 Å². The molecule has 124 valence electrons. The summed E-state index contributed by atoms with van der Waals surface area (Å²) in [6, 6.07) is 33.3. The standard InChI is InChI=1S/C24H19NSi/c1-18-16-24-22(17-25-18)21-14-8-9-15-23(21)26(24,19-10-4-2-5-11-19)20-12-6-3-7-13-20/h2-17H,1H3. The first-order chi connectivity index (χ1) is 12.8. The second kappa shape index (κ2) is 5.79. The molecule has 4 aromatic rings. The minimum absolute atomic E-state index is 1.08. The number of hydrogen-bond donors (Lipinski definition) is 0. The summed E-state index contributed by atoms with van der Waals surface area (Å²) < 4.78 is 0. The first-order valence-electron chi connectivity index (χ1n) is 9.00. The van der Waals surface area contributed by atoms with Gasteiger partial charge < -0.3 is 0 Å². The number of benzene rings is 3. The number of aromatic nitrogens is 1. The molecule has 26 heavy (non-hydrogen) atoms. The highest BCUT2D eigenvalue weighted by Gasteiger charge is 2.48. The van der Waals surface area contributed by atoms with Gasteiger partial charge in [0.2, 0.25) is 0 Å². The van der Waals surface area contributed by atoms with E-state index in [4.69, 9.17) is 0 Å². The van der Waals surface area contributed by atoms with Gasteiger partial charge in [0.05, 0.1) is 0 Å². The number of nitrogens with zero attached hydrogens (tertiary/aromatic N) is 1. The molecule has 1 aliphatic heterocycles. The van der Waals surface area contributed by atoms with E-state index < -0.39 is 8.07 Å². The third-order valence-electron chi connectivity index (χ3n) is 5.48. The Morgan fingerprint density at radius 1 is 0.615 bits per heavy atom. The maximum atomic E-state index is 4.62. The Balaban J connectivity index is 1.99. The molecule has 0 unspecified atom stereocenters. The van der Waals surface area contributed by atoms with Gasteiger partial charge in [-0.05, 0) is 39.3 Å². The molecule has 0 fully saturated rings. The summed E-state index contributed by atoms with van der Waals surface area (Å²) in [7, 11) is -2.30. The summed E-state index contributed by atoms with van der Waals surface area (Å²) in [5, 5.41) is 5.80. The lowest BCUT2D eigenvalue weighted by molar-refractivity contribution is 1.21. The van der Waals surface area contributed by atoms with Crippen molar-refractivity contribution < 1.29 is 0 Å². The van der Waals surface area contributed by atoms with Crippen molar-refractivity contribution in [3.8, 4) is 11.1 Å². The maximum absolute atomic E-state index is 4.62. The van der Waals surface area contributed by atoms with Crippen molar-refractivity contribution in [1.29, 1.82) is 0 Å². The Labute approximate surface area is 155 Å². The molecule has 1 aromatic heterocycles. The summed E-state index contributed by atoms with van der Waals surface area (Å²) >= 11 is 0. The predicted molar refractivity (Wildman–Crippen MR) is 112 cm³/mol. The molecule has 1 nitrogen and oxygen atoms in total. The molecule has 0 spiro atoms. The zero-order valence-electron chi connectivity index (χ0n) is 14.7. The molecule has 2 heteroatoms. The molecule has 1 aliphatic rings. The Bertz CT molecular complexity index is 1050. The molecule has 0 aliphatic carbocycles. The topological polar surface area (TPSA) is 12.9 Å². The fraction of sp³-hybridized carbons (Fsp3) is 0.0417. The molecule has 0 amide bonds. The Hall–Kier alpha value is -2.97. The van der Waals surface area contributed by atoms with E-state index in [2.05, 4.69) is 109 Å². The summed E-state index contributed by atoms with van der Waals surface area (Å²) in [5.41, 5.74) is 3.72. The van der Waals surface area contributed by atoms with Crippen LogP contribution in [0.15, 0.2) is 97.2 Å². The van der Waals surface area contributed by atoms with Crippen molar-refractivity contribution in [1.82, 2.24) is 4.98 Å². The van der Waals surface area contributed by atoms with Crippen LogP contribution in [0.3, 0.4) is 0 Å². The van der Waals surface area contributed by atoms with E-state index in [1.54, 1.807) is 0 Å². The Morgan fingerprint density at radius 2 is 1.19 bits per heavy atom. The van der Waals surface area contributed by atoms with Gasteiger partial charge in [0.15, 0.2) is 8.07 Å². The number of hydrogen-bond acceptors (Lipinski definition) is 1. The van der Waals surface area contributed by atoms with Crippen molar-refractivity contribution in [3.63, 3.8) is 0 Å². The van der Waals surface area contributed by atoms with Gasteiger partial charge in [-0.1, -0.05) is 84.9 Å². The quantitative estimate of drug-likeness (QED) is 0.447. The average Bonchev–Trinajstić information content (AvgIpc) is 3.00. The fourth-order valence-electron chi connectivity index (χ4n) is 4.44. The van der Waals surface area contributed by atoms with Gasteiger partial charge in [-0.2, -0.15) is 0 Å². The first-order valence-corrected chi connectivity index (χ1v) is 11.0. The molecule has 0 bridgehead atoms. The summed E-state index contributed by atoms with van der Waals surface area (Å²) in [5.74, 6) is 0. The fourth-order valence-corrected chi connectivity index (χ4v) is 9.69. The molecule has 0 N–H and O–H groups in total. The van der Waals surface area contributed by atoms with E-state index in [0.29, 0.717) is 0 Å². The van der Waals surface area contributed by atoms with Crippen LogP contribution < -0.4 is 20.7 Å². The smallest absolute Gasteiger partial charge is 0.180 e. The van der Waals surface area contributed by atoms with Crippen LogP contribution in [-0.4, -0.2) is 13.1 Å². The van der Waals surface area contributed by atoms with Crippen LogP contribution in [0.25, 0.3) is 11.1 Å². The Kier molecular flexibility index (Phi) is 3.40. The third-order valence-corrected chi connectivity index (χ3v) is 10.3. The molecule has 0 radical (unpaired) electrons. The van der Waals surface area contributed by atoms with Gasteiger partial charge in [-0.3, -0.25) is 4.98 Å². The van der Waals surface area contributed by atoms with Gasteiger partial charge in [0, 0.05) is 17.5 Å². The van der Waals surface area contributed by atoms with Crippen LogP contribution in [0.5, 0.6) is 0 Å². The zero-order valence-corrected chi connectivity index (χ0v) is 15.7. The average molecular weight is 350 g/mol. The highest BCUT2D eigenvalue weighted by atomic mass is 28.3. The SMILES string of the molecule is Cc1cc2c(cn1)-c1ccccc1[Si]2(c1ccccc1)c1ccccc1. The molecule has 0 saturated heterocycles. The van der Waals surface area contributed by atoms with Crippen LogP contribution in [0, 0.1) is 6.92 Å². The molecule has 3 aromatic carbocycles. The first kappa shape index (κ1) is 15.3. The van der Waals surface area contributed by atoms with E-state index in [0.717, 1.165) is 5.69 Å². The van der Waals surface area contributed by atoms with Crippen molar-refractivity contribution in [2.75, 3.05) is 0 Å². The highest BCUT2D eigenvalue weighted by Crippen LogP contribution is 2.27. The minimum atomic E-state index is -2.30. The molecule has 5 rings (SSSR count). The van der Waals surface area contributed by atoms with Crippen molar-refractivity contribution in [2.45, 2.75) is 6.92 Å². The number of fused-ring (bicyclic) bond motifs is 3. The van der Waals surface area contributed by atoms with Gasteiger partial charge in [-0.25, -0.2) is 0 Å². The molecular weight excluding hydrogens is 330 g/mol. The zero-order chi connectivity index (χ0) is 17.6. The van der Waals surface area contributed by atoms with E-state index >= 15 is 0 Å². The van der Waals surface area contributed by atoms with E-state index in [-0.39, 0.29) is 0 Å². The van der Waals surface area contributed by atoms with Gasteiger partial charge >= 0.3 is 0 Å². The maximum Gasteiger partial charge on any atom is 0.180 e. The van der Waals surface area contributed by atoms with E-state index in [1.807, 2.05) is 0 Å². The largest absolute Gasteiger partial charge is 0.261 e. The summed E-state index contributed by atoms with van der Waals surface area (Å²) in [6.45, 7) is 2.10. The van der Waals surface area contributed by atoms with Crippen LogP contribution in [-0.2, 0) is 0 Å². The number of rotatable bonds is 2. The molecule has 0 saturated carbocycles.